The van der Waals surface area contributed by atoms with E-state index in [0.717, 1.165) is 22.3 Å². The number of fused-ring (bicyclic) bond motifs is 1. The molecule has 1 atom stereocenters. The summed E-state index contributed by atoms with van der Waals surface area (Å²) < 4.78 is 0. The molecule has 0 radical (unpaired) electrons. The fraction of sp³-hybridized carbons (Fsp3) is 0.133. The third-order valence-electron chi connectivity index (χ3n) is 3.00. The highest BCUT2D eigenvalue weighted by Gasteiger charge is 2.07. The van der Waals surface area contributed by atoms with E-state index < -0.39 is 6.10 Å². The Hall–Kier alpha value is -1.91. The number of aliphatic hydroxyl groups is 1. The van der Waals surface area contributed by atoms with Crippen molar-refractivity contribution in [3.05, 3.63) is 58.8 Å². The first kappa shape index (κ1) is 12.1. The smallest absolute Gasteiger partial charge is 0.126 e. The number of benzene rings is 1. The first-order valence-corrected chi connectivity index (χ1v) is 7.07. The number of anilines is 1. The number of nitrogens with one attached hydrogen (secondary N) is 1. The fourth-order valence-electron chi connectivity index (χ4n) is 1.95. The lowest BCUT2D eigenvalue weighted by Crippen LogP contribution is -2.12. The SMILES string of the molecule is O[C@H](CNc1ccc2ccccc2n1)c1ccsc1. The minimum atomic E-state index is -0.500. The number of nitrogens with zero attached hydrogens (tertiary/aromatic N) is 1. The van der Waals surface area contributed by atoms with Gasteiger partial charge in [0.25, 0.3) is 0 Å². The van der Waals surface area contributed by atoms with Gasteiger partial charge >= 0.3 is 0 Å². The van der Waals surface area contributed by atoms with Crippen molar-refractivity contribution < 1.29 is 5.11 Å². The average molecular weight is 270 g/mol. The number of pyridine rings is 1. The summed E-state index contributed by atoms with van der Waals surface area (Å²) in [5.74, 6) is 0.785. The molecule has 2 aromatic heterocycles. The molecule has 4 heteroatoms. The van der Waals surface area contributed by atoms with E-state index in [1.54, 1.807) is 11.3 Å². The second-order valence-corrected chi connectivity index (χ2v) is 5.12. The Morgan fingerprint density at radius 3 is 2.89 bits per heavy atom. The molecule has 2 N–H and O–H groups in total. The molecule has 0 spiro atoms. The molecule has 3 nitrogen and oxygen atoms in total. The van der Waals surface area contributed by atoms with Crippen LogP contribution in [0, 0.1) is 0 Å². The van der Waals surface area contributed by atoms with Gasteiger partial charge in [0.05, 0.1) is 11.6 Å². The molecule has 0 fully saturated rings. The van der Waals surface area contributed by atoms with Crippen LogP contribution in [0.15, 0.2) is 53.2 Å². The second kappa shape index (κ2) is 5.38. The van der Waals surface area contributed by atoms with Crippen LogP contribution in [0.1, 0.15) is 11.7 Å². The first-order valence-electron chi connectivity index (χ1n) is 6.13. The monoisotopic (exact) mass is 270 g/mol. The van der Waals surface area contributed by atoms with E-state index in [2.05, 4.69) is 10.3 Å². The van der Waals surface area contributed by atoms with Gasteiger partial charge in [-0.3, -0.25) is 0 Å². The van der Waals surface area contributed by atoms with Crippen molar-refractivity contribution in [2.24, 2.45) is 0 Å². The van der Waals surface area contributed by atoms with Crippen molar-refractivity contribution in [2.75, 3.05) is 11.9 Å². The van der Waals surface area contributed by atoms with E-state index in [1.807, 2.05) is 53.2 Å². The third-order valence-corrected chi connectivity index (χ3v) is 3.70. The predicted octanol–water partition coefficient (Wildman–Crippen LogP) is 3.44. The van der Waals surface area contributed by atoms with Crippen molar-refractivity contribution in [3.8, 4) is 0 Å². The molecule has 0 saturated carbocycles. The van der Waals surface area contributed by atoms with Crippen LogP contribution in [-0.2, 0) is 0 Å². The zero-order valence-corrected chi connectivity index (χ0v) is 11.1. The molecule has 3 aromatic rings. The second-order valence-electron chi connectivity index (χ2n) is 4.34. The van der Waals surface area contributed by atoms with Gasteiger partial charge in [-0.15, -0.1) is 0 Å². The van der Waals surface area contributed by atoms with Crippen LogP contribution >= 0.6 is 11.3 Å². The molecule has 0 aliphatic rings. The van der Waals surface area contributed by atoms with Crippen LogP contribution in [0.4, 0.5) is 5.82 Å². The van der Waals surface area contributed by atoms with Crippen LogP contribution in [-0.4, -0.2) is 16.6 Å². The van der Waals surface area contributed by atoms with E-state index in [0.29, 0.717) is 6.54 Å². The summed E-state index contributed by atoms with van der Waals surface area (Å²) in [7, 11) is 0. The van der Waals surface area contributed by atoms with E-state index in [9.17, 15) is 5.11 Å². The number of aliphatic hydroxyl groups excluding tert-OH is 1. The van der Waals surface area contributed by atoms with Crippen molar-refractivity contribution in [1.82, 2.24) is 4.98 Å². The van der Waals surface area contributed by atoms with Gasteiger partial charge in [0.2, 0.25) is 0 Å². The lowest BCUT2D eigenvalue weighted by atomic mass is 10.2. The maximum absolute atomic E-state index is 10.0. The molecule has 1 aromatic carbocycles. The molecule has 2 heterocycles. The molecule has 0 aliphatic heterocycles. The highest BCUT2D eigenvalue weighted by atomic mass is 32.1. The van der Waals surface area contributed by atoms with Crippen molar-refractivity contribution in [3.63, 3.8) is 0 Å². The van der Waals surface area contributed by atoms with Gasteiger partial charge in [-0.25, -0.2) is 4.98 Å². The number of para-hydroxylation sites is 1. The standard InChI is InChI=1S/C15H14N2OS/c18-14(12-7-8-19-10-12)9-16-15-6-5-11-3-1-2-4-13(11)17-15/h1-8,10,14,18H,9H2,(H,16,17)/t14-/m1/s1. The van der Waals surface area contributed by atoms with Gasteiger partial charge in [0.1, 0.15) is 5.82 Å². The molecule has 96 valence electrons. The summed E-state index contributed by atoms with van der Waals surface area (Å²) in [5.41, 5.74) is 1.90. The first-order chi connectivity index (χ1) is 9.33. The summed E-state index contributed by atoms with van der Waals surface area (Å²) in [6.45, 7) is 0.460. The maximum Gasteiger partial charge on any atom is 0.126 e. The molecule has 0 aliphatic carbocycles. The van der Waals surface area contributed by atoms with Gasteiger partial charge < -0.3 is 10.4 Å². The Balaban J connectivity index is 1.71. The molecular formula is C15H14N2OS. The minimum absolute atomic E-state index is 0.460. The normalized spacial score (nSPS) is 12.5. The molecule has 0 unspecified atom stereocenters. The van der Waals surface area contributed by atoms with Crippen LogP contribution in [0.3, 0.4) is 0 Å². The Kier molecular flexibility index (Phi) is 3.44. The molecule has 3 rings (SSSR count). The Labute approximate surface area is 115 Å². The fourth-order valence-corrected chi connectivity index (χ4v) is 2.66. The molecular weight excluding hydrogens is 256 g/mol. The molecule has 0 bridgehead atoms. The summed E-state index contributed by atoms with van der Waals surface area (Å²) in [5, 5.41) is 18.2. The van der Waals surface area contributed by atoms with Crippen molar-refractivity contribution in [1.29, 1.82) is 0 Å². The zero-order chi connectivity index (χ0) is 13.1. The van der Waals surface area contributed by atoms with Gasteiger partial charge in [0, 0.05) is 11.9 Å². The topological polar surface area (TPSA) is 45.1 Å². The van der Waals surface area contributed by atoms with E-state index in [4.69, 9.17) is 0 Å². The van der Waals surface area contributed by atoms with E-state index >= 15 is 0 Å². The van der Waals surface area contributed by atoms with Crippen LogP contribution in [0.5, 0.6) is 0 Å². The minimum Gasteiger partial charge on any atom is -0.387 e. The van der Waals surface area contributed by atoms with Crippen molar-refractivity contribution in [2.45, 2.75) is 6.10 Å². The highest BCUT2D eigenvalue weighted by Crippen LogP contribution is 2.18. The predicted molar refractivity (Wildman–Crippen MR) is 79.5 cm³/mol. The third kappa shape index (κ3) is 2.75. The quantitative estimate of drug-likeness (QED) is 0.763. The lowest BCUT2D eigenvalue weighted by Gasteiger charge is -2.11. The summed E-state index contributed by atoms with van der Waals surface area (Å²) in [4.78, 5) is 4.51. The van der Waals surface area contributed by atoms with Crippen LogP contribution in [0.25, 0.3) is 10.9 Å². The van der Waals surface area contributed by atoms with Crippen LogP contribution in [0.2, 0.25) is 0 Å². The highest BCUT2D eigenvalue weighted by molar-refractivity contribution is 7.07. The summed E-state index contributed by atoms with van der Waals surface area (Å²) in [6.07, 6.45) is -0.500. The van der Waals surface area contributed by atoms with Gasteiger partial charge in [0.15, 0.2) is 0 Å². The van der Waals surface area contributed by atoms with E-state index in [1.165, 1.54) is 0 Å². The Morgan fingerprint density at radius 2 is 2.05 bits per heavy atom. The number of aromatic nitrogens is 1. The van der Waals surface area contributed by atoms with Gasteiger partial charge in [-0.2, -0.15) is 11.3 Å². The average Bonchev–Trinajstić information content (AvgIpc) is 2.99. The summed E-state index contributed by atoms with van der Waals surface area (Å²) >= 11 is 1.59. The number of rotatable bonds is 4. The lowest BCUT2D eigenvalue weighted by molar-refractivity contribution is 0.192. The molecule has 0 saturated heterocycles. The van der Waals surface area contributed by atoms with Gasteiger partial charge in [-0.1, -0.05) is 18.2 Å². The summed E-state index contributed by atoms with van der Waals surface area (Å²) in [6, 6.07) is 13.9. The molecule has 19 heavy (non-hydrogen) atoms. The largest absolute Gasteiger partial charge is 0.387 e. The Morgan fingerprint density at radius 1 is 1.16 bits per heavy atom. The zero-order valence-electron chi connectivity index (χ0n) is 10.3. The molecule has 0 amide bonds. The van der Waals surface area contributed by atoms with E-state index in [-0.39, 0.29) is 0 Å². The number of hydrogen-bond acceptors (Lipinski definition) is 4. The maximum atomic E-state index is 10.0. The van der Waals surface area contributed by atoms with Gasteiger partial charge in [-0.05, 0) is 40.6 Å². The number of thiophene rings is 1. The number of hydrogen-bond donors (Lipinski definition) is 2. The van der Waals surface area contributed by atoms with Crippen molar-refractivity contribution >= 4 is 28.1 Å². The Bertz CT molecular complexity index is 667. The van der Waals surface area contributed by atoms with Crippen LogP contribution < -0.4 is 5.32 Å².